The number of amides is 1. The van der Waals surface area contributed by atoms with Crippen LogP contribution in [0, 0.1) is 0 Å². The summed E-state index contributed by atoms with van der Waals surface area (Å²) in [5.74, 6) is 0.788. The Bertz CT molecular complexity index is 1140. The van der Waals surface area contributed by atoms with Crippen LogP contribution in [0.2, 0.25) is 0 Å². The Morgan fingerprint density at radius 1 is 1.06 bits per heavy atom. The summed E-state index contributed by atoms with van der Waals surface area (Å²) >= 11 is 0. The predicted molar refractivity (Wildman–Crippen MR) is 133 cm³/mol. The number of hydrogen-bond acceptors (Lipinski definition) is 6. The van der Waals surface area contributed by atoms with E-state index in [0.717, 1.165) is 38.2 Å². The highest BCUT2D eigenvalue weighted by Gasteiger charge is 2.53. The fraction of sp³-hybridized carbons (Fsp3) is 0.393. The molecule has 1 N–H and O–H groups in total. The van der Waals surface area contributed by atoms with Gasteiger partial charge in [-0.1, -0.05) is 43.3 Å². The van der Waals surface area contributed by atoms with Crippen LogP contribution in [-0.2, 0) is 21.5 Å². The normalized spacial score (nSPS) is 21.0. The van der Waals surface area contributed by atoms with Crippen LogP contribution in [0.25, 0.3) is 0 Å². The van der Waals surface area contributed by atoms with Crippen molar-refractivity contribution in [1.29, 1.82) is 0 Å². The first-order valence-electron chi connectivity index (χ1n) is 12.3. The number of carbonyl (C=O) groups excluding carboxylic acids is 1. The van der Waals surface area contributed by atoms with Crippen molar-refractivity contribution in [1.82, 2.24) is 20.2 Å². The van der Waals surface area contributed by atoms with Gasteiger partial charge in [0.15, 0.2) is 0 Å². The molecule has 35 heavy (non-hydrogen) atoms. The number of carbonyl (C=O) groups is 1. The summed E-state index contributed by atoms with van der Waals surface area (Å²) in [6, 6.07) is 18.7. The maximum atomic E-state index is 12.3. The highest BCUT2D eigenvalue weighted by atomic mass is 16.5. The average molecular weight is 473 g/mol. The lowest BCUT2D eigenvalue weighted by molar-refractivity contribution is -0.123. The molecule has 0 unspecified atom stereocenters. The van der Waals surface area contributed by atoms with Gasteiger partial charge < -0.3 is 14.8 Å². The van der Waals surface area contributed by atoms with E-state index in [0.29, 0.717) is 12.4 Å². The lowest BCUT2D eigenvalue weighted by Gasteiger charge is -2.44. The Labute approximate surface area is 206 Å². The summed E-state index contributed by atoms with van der Waals surface area (Å²) < 4.78 is 11.8. The summed E-state index contributed by atoms with van der Waals surface area (Å²) in [6.07, 6.45) is 5.72. The molecular formula is C28H32N4O3. The first-order chi connectivity index (χ1) is 17.1. The highest BCUT2D eigenvalue weighted by molar-refractivity contribution is 5.76. The van der Waals surface area contributed by atoms with Crippen molar-refractivity contribution >= 4 is 5.91 Å². The van der Waals surface area contributed by atoms with Crippen molar-refractivity contribution < 1.29 is 14.3 Å². The molecule has 1 aliphatic heterocycles. The molecule has 1 amide bonds. The molecule has 1 aliphatic carbocycles. The number of hydrogen-bond donors (Lipinski definition) is 1. The van der Waals surface area contributed by atoms with Gasteiger partial charge in [0.2, 0.25) is 5.91 Å². The Balaban J connectivity index is 1.26. The molecule has 1 aromatic heterocycles. The van der Waals surface area contributed by atoms with Crippen molar-refractivity contribution in [3.05, 3.63) is 83.7 Å². The lowest BCUT2D eigenvalue weighted by Crippen LogP contribution is -2.50. The molecular weight excluding hydrogens is 440 g/mol. The third-order valence-corrected chi connectivity index (χ3v) is 7.40. The van der Waals surface area contributed by atoms with Gasteiger partial charge in [-0.05, 0) is 60.8 Å². The second kappa shape index (κ2) is 10.1. The number of benzene rings is 2. The van der Waals surface area contributed by atoms with Gasteiger partial charge >= 0.3 is 6.01 Å². The number of aromatic nitrogens is 2. The third kappa shape index (κ3) is 4.66. The molecule has 2 aromatic carbocycles. The van der Waals surface area contributed by atoms with Gasteiger partial charge in [-0.3, -0.25) is 9.69 Å². The fourth-order valence-corrected chi connectivity index (χ4v) is 5.68. The van der Waals surface area contributed by atoms with E-state index in [2.05, 4.69) is 56.6 Å². The van der Waals surface area contributed by atoms with Crippen molar-refractivity contribution in [2.45, 2.75) is 50.3 Å². The van der Waals surface area contributed by atoms with E-state index in [1.165, 1.54) is 16.7 Å². The molecule has 3 aromatic rings. The quantitative estimate of drug-likeness (QED) is 0.549. The van der Waals surface area contributed by atoms with E-state index in [4.69, 9.17) is 9.47 Å². The molecule has 2 heterocycles. The van der Waals surface area contributed by atoms with Crippen molar-refractivity contribution in [2.75, 3.05) is 20.2 Å². The summed E-state index contributed by atoms with van der Waals surface area (Å²) in [6.45, 7) is 4.71. The largest absolute Gasteiger partial charge is 0.424 e. The number of nitrogens with zero attached hydrogens (tertiary/aromatic N) is 3. The van der Waals surface area contributed by atoms with Gasteiger partial charge in [-0.25, -0.2) is 9.97 Å². The minimum Gasteiger partial charge on any atom is -0.424 e. The zero-order valence-corrected chi connectivity index (χ0v) is 20.3. The number of methoxy groups -OCH3 is 1. The second-order valence-corrected chi connectivity index (χ2v) is 9.35. The number of nitrogens with one attached hydrogen (secondary N) is 1. The molecule has 0 radical (unpaired) electrons. The molecule has 5 rings (SSSR count). The van der Waals surface area contributed by atoms with E-state index in [1.54, 1.807) is 25.6 Å². The van der Waals surface area contributed by atoms with Crippen molar-refractivity contribution in [2.24, 2.45) is 0 Å². The molecule has 1 spiro atoms. The Hall–Kier alpha value is -3.29. The monoisotopic (exact) mass is 472 g/mol. The van der Waals surface area contributed by atoms with Crippen LogP contribution < -0.4 is 10.1 Å². The standard InChI is InChI=1S/C28H32N4O3/c1-3-24(33)31-25-22-7-4-5-8-23(22)28(26(25)34-2)13-17-32(18-14-28)19-20-9-11-21(12-10-20)35-27-29-15-6-16-30-27/h4-12,15-16,25-26H,3,13-14,17-19H2,1-2H3,(H,31,33)/t25-,26+/m0/s1. The average Bonchev–Trinajstić information content (AvgIpc) is 3.15. The molecule has 0 bridgehead atoms. The van der Waals surface area contributed by atoms with E-state index in [1.807, 2.05) is 19.1 Å². The van der Waals surface area contributed by atoms with Gasteiger partial charge in [0.1, 0.15) is 5.75 Å². The van der Waals surface area contributed by atoms with Crippen LogP contribution >= 0.6 is 0 Å². The summed E-state index contributed by atoms with van der Waals surface area (Å²) in [5.41, 5.74) is 3.69. The maximum Gasteiger partial charge on any atom is 0.321 e. The number of rotatable bonds is 7. The van der Waals surface area contributed by atoms with Crippen LogP contribution in [0.1, 0.15) is 48.9 Å². The molecule has 2 aliphatic rings. The zero-order valence-electron chi connectivity index (χ0n) is 20.3. The van der Waals surface area contributed by atoms with Crippen molar-refractivity contribution in [3.8, 4) is 11.8 Å². The van der Waals surface area contributed by atoms with E-state index >= 15 is 0 Å². The smallest absolute Gasteiger partial charge is 0.321 e. The van der Waals surface area contributed by atoms with Gasteiger partial charge in [0.25, 0.3) is 0 Å². The predicted octanol–water partition coefficient (Wildman–Crippen LogP) is 4.40. The van der Waals surface area contributed by atoms with Gasteiger partial charge in [-0.15, -0.1) is 0 Å². The van der Waals surface area contributed by atoms with Gasteiger partial charge in [0, 0.05) is 37.9 Å². The topological polar surface area (TPSA) is 76.6 Å². The number of fused-ring (bicyclic) bond motifs is 2. The number of piperidine rings is 1. The summed E-state index contributed by atoms with van der Waals surface area (Å²) in [4.78, 5) is 23.0. The van der Waals surface area contributed by atoms with Crippen LogP contribution in [0.5, 0.6) is 11.8 Å². The third-order valence-electron chi connectivity index (χ3n) is 7.40. The van der Waals surface area contributed by atoms with Gasteiger partial charge in [0.05, 0.1) is 12.1 Å². The number of ether oxygens (including phenoxy) is 2. The molecule has 0 saturated carbocycles. The molecule has 7 heteroatoms. The first kappa shape index (κ1) is 23.5. The SMILES string of the molecule is CCC(=O)N[C@H]1c2ccccc2C2(CCN(Cc3ccc(Oc4ncccn4)cc3)CC2)[C@@H]1OC. The minimum absolute atomic E-state index is 0.0609. The maximum absolute atomic E-state index is 12.3. The van der Waals surface area contributed by atoms with Crippen molar-refractivity contribution in [3.63, 3.8) is 0 Å². The minimum atomic E-state index is -0.101. The van der Waals surface area contributed by atoms with Crippen LogP contribution in [0.4, 0.5) is 0 Å². The van der Waals surface area contributed by atoms with E-state index in [-0.39, 0.29) is 23.5 Å². The molecule has 1 fully saturated rings. The summed E-state index contributed by atoms with van der Waals surface area (Å²) in [5, 5.41) is 3.23. The molecule has 2 atom stereocenters. The Kier molecular flexibility index (Phi) is 6.79. The van der Waals surface area contributed by atoms with E-state index < -0.39 is 0 Å². The van der Waals surface area contributed by atoms with Gasteiger partial charge in [-0.2, -0.15) is 0 Å². The highest BCUT2D eigenvalue weighted by Crippen LogP contribution is 2.52. The Morgan fingerprint density at radius 3 is 2.46 bits per heavy atom. The Morgan fingerprint density at radius 2 is 1.77 bits per heavy atom. The molecule has 7 nitrogen and oxygen atoms in total. The second-order valence-electron chi connectivity index (χ2n) is 9.35. The first-order valence-corrected chi connectivity index (χ1v) is 12.3. The summed E-state index contributed by atoms with van der Waals surface area (Å²) in [7, 11) is 1.78. The fourth-order valence-electron chi connectivity index (χ4n) is 5.68. The van der Waals surface area contributed by atoms with Crippen LogP contribution in [0.15, 0.2) is 67.0 Å². The molecule has 182 valence electrons. The molecule has 1 saturated heterocycles. The van der Waals surface area contributed by atoms with E-state index in [9.17, 15) is 4.79 Å². The van der Waals surface area contributed by atoms with Crippen LogP contribution in [-0.4, -0.2) is 47.1 Å². The number of likely N-dealkylation sites (tertiary alicyclic amines) is 1. The zero-order chi connectivity index (χ0) is 24.3. The van der Waals surface area contributed by atoms with Crippen LogP contribution in [0.3, 0.4) is 0 Å². The lowest BCUT2D eigenvalue weighted by atomic mass is 9.72.